The average molecular weight is 204 g/mol. The van der Waals surface area contributed by atoms with Crippen molar-refractivity contribution in [2.75, 3.05) is 0 Å². The SMILES string of the molecule is CC.Cc1ccc2nn(C(C)C)cc2c1. The minimum atomic E-state index is 0.438. The fourth-order valence-electron chi connectivity index (χ4n) is 1.43. The summed E-state index contributed by atoms with van der Waals surface area (Å²) in [6, 6.07) is 6.78. The highest BCUT2D eigenvalue weighted by molar-refractivity contribution is 5.78. The molecular weight excluding hydrogens is 184 g/mol. The van der Waals surface area contributed by atoms with Crippen molar-refractivity contribution in [3.63, 3.8) is 0 Å². The van der Waals surface area contributed by atoms with E-state index < -0.39 is 0 Å². The molecule has 0 N–H and O–H groups in total. The van der Waals surface area contributed by atoms with E-state index in [1.165, 1.54) is 10.9 Å². The number of aromatic nitrogens is 2. The van der Waals surface area contributed by atoms with E-state index in [-0.39, 0.29) is 0 Å². The van der Waals surface area contributed by atoms with E-state index in [2.05, 4.69) is 50.3 Å². The molecule has 0 saturated carbocycles. The maximum Gasteiger partial charge on any atom is 0.0923 e. The number of benzene rings is 1. The molecule has 2 nitrogen and oxygen atoms in total. The van der Waals surface area contributed by atoms with Gasteiger partial charge in [-0.3, -0.25) is 4.68 Å². The Bertz CT molecular complexity index is 427. The minimum Gasteiger partial charge on any atom is -0.269 e. The minimum absolute atomic E-state index is 0.438. The fraction of sp³-hybridized carbons (Fsp3) is 0.462. The first-order valence-corrected chi connectivity index (χ1v) is 5.62. The lowest BCUT2D eigenvalue weighted by Crippen LogP contribution is -1.99. The zero-order valence-corrected chi connectivity index (χ0v) is 10.3. The molecule has 0 saturated heterocycles. The first kappa shape index (κ1) is 11.8. The van der Waals surface area contributed by atoms with Crippen molar-refractivity contribution in [3.8, 4) is 0 Å². The van der Waals surface area contributed by atoms with Gasteiger partial charge in [0.15, 0.2) is 0 Å². The number of hydrogen-bond acceptors (Lipinski definition) is 1. The summed E-state index contributed by atoms with van der Waals surface area (Å²) >= 11 is 0. The second-order valence-corrected chi connectivity index (χ2v) is 3.77. The van der Waals surface area contributed by atoms with Crippen LogP contribution >= 0.6 is 0 Å². The first-order chi connectivity index (χ1) is 7.16. The summed E-state index contributed by atoms with van der Waals surface area (Å²) in [6.07, 6.45) is 2.10. The molecule has 0 atom stereocenters. The van der Waals surface area contributed by atoms with Gasteiger partial charge in [-0.05, 0) is 32.9 Å². The highest BCUT2D eigenvalue weighted by Gasteiger charge is 2.02. The summed E-state index contributed by atoms with van der Waals surface area (Å²) in [4.78, 5) is 0. The summed E-state index contributed by atoms with van der Waals surface area (Å²) in [7, 11) is 0. The van der Waals surface area contributed by atoms with E-state index >= 15 is 0 Å². The van der Waals surface area contributed by atoms with E-state index in [4.69, 9.17) is 0 Å². The monoisotopic (exact) mass is 204 g/mol. The largest absolute Gasteiger partial charge is 0.269 e. The van der Waals surface area contributed by atoms with Crippen molar-refractivity contribution in [2.45, 2.75) is 40.7 Å². The Kier molecular flexibility index (Phi) is 3.89. The lowest BCUT2D eigenvalue weighted by molar-refractivity contribution is 0.537. The van der Waals surface area contributed by atoms with Gasteiger partial charge < -0.3 is 0 Å². The summed E-state index contributed by atoms with van der Waals surface area (Å²) in [5.41, 5.74) is 2.37. The molecule has 2 heteroatoms. The Balaban J connectivity index is 0.000000531. The molecule has 2 aromatic rings. The van der Waals surface area contributed by atoms with Gasteiger partial charge in [0.2, 0.25) is 0 Å². The molecule has 2 rings (SSSR count). The van der Waals surface area contributed by atoms with E-state index in [1.54, 1.807) is 0 Å². The summed E-state index contributed by atoms with van der Waals surface area (Å²) in [6.45, 7) is 10.4. The van der Waals surface area contributed by atoms with Gasteiger partial charge in [0.1, 0.15) is 0 Å². The second-order valence-electron chi connectivity index (χ2n) is 3.77. The third kappa shape index (κ3) is 2.58. The summed E-state index contributed by atoms with van der Waals surface area (Å²) in [5, 5.41) is 5.70. The zero-order valence-electron chi connectivity index (χ0n) is 10.3. The van der Waals surface area contributed by atoms with Gasteiger partial charge in [-0.2, -0.15) is 5.10 Å². The standard InChI is InChI=1S/C11H14N2.C2H6/c1-8(2)13-7-10-6-9(3)4-5-11(10)12-13;1-2/h4-8H,1-3H3;1-2H3. The van der Waals surface area contributed by atoms with Gasteiger partial charge in [-0.25, -0.2) is 0 Å². The molecule has 0 aliphatic heterocycles. The van der Waals surface area contributed by atoms with E-state index in [9.17, 15) is 0 Å². The lowest BCUT2D eigenvalue weighted by atomic mass is 10.2. The molecule has 0 aliphatic carbocycles. The Morgan fingerprint density at radius 2 is 1.87 bits per heavy atom. The van der Waals surface area contributed by atoms with Crippen LogP contribution in [0, 0.1) is 6.92 Å². The summed E-state index contributed by atoms with van der Waals surface area (Å²) < 4.78 is 2.00. The Hall–Kier alpha value is -1.31. The lowest BCUT2D eigenvalue weighted by Gasteiger charge is -2.02. The molecule has 0 radical (unpaired) electrons. The van der Waals surface area contributed by atoms with Crippen LogP contribution in [0.3, 0.4) is 0 Å². The molecular formula is C13H20N2. The molecule has 0 amide bonds. The quantitative estimate of drug-likeness (QED) is 0.687. The van der Waals surface area contributed by atoms with Gasteiger partial charge in [0.25, 0.3) is 0 Å². The second kappa shape index (κ2) is 4.96. The van der Waals surface area contributed by atoms with Gasteiger partial charge in [-0.1, -0.05) is 25.5 Å². The van der Waals surface area contributed by atoms with Crippen LogP contribution in [0.25, 0.3) is 10.9 Å². The fourth-order valence-corrected chi connectivity index (χ4v) is 1.43. The van der Waals surface area contributed by atoms with Crippen molar-refractivity contribution in [3.05, 3.63) is 30.0 Å². The maximum atomic E-state index is 4.47. The molecule has 0 aliphatic rings. The van der Waals surface area contributed by atoms with Crippen LogP contribution < -0.4 is 0 Å². The molecule has 0 bridgehead atoms. The van der Waals surface area contributed by atoms with Crippen LogP contribution in [0.2, 0.25) is 0 Å². The molecule has 82 valence electrons. The zero-order chi connectivity index (χ0) is 11.4. The molecule has 1 aromatic heterocycles. The van der Waals surface area contributed by atoms with Crippen molar-refractivity contribution < 1.29 is 0 Å². The molecule has 1 heterocycles. The van der Waals surface area contributed by atoms with E-state index in [0.717, 1.165) is 5.52 Å². The highest BCUT2D eigenvalue weighted by Crippen LogP contribution is 2.16. The van der Waals surface area contributed by atoms with Crippen LogP contribution in [0.5, 0.6) is 0 Å². The highest BCUT2D eigenvalue weighted by atomic mass is 15.3. The van der Waals surface area contributed by atoms with Crippen molar-refractivity contribution in [1.29, 1.82) is 0 Å². The van der Waals surface area contributed by atoms with Crippen LogP contribution in [-0.4, -0.2) is 9.78 Å². The Morgan fingerprint density at radius 3 is 2.47 bits per heavy atom. The van der Waals surface area contributed by atoms with E-state index in [0.29, 0.717) is 6.04 Å². The van der Waals surface area contributed by atoms with Gasteiger partial charge >= 0.3 is 0 Å². The normalized spacial score (nSPS) is 10.3. The summed E-state index contributed by atoms with van der Waals surface area (Å²) in [5.74, 6) is 0. The number of hydrogen-bond donors (Lipinski definition) is 0. The number of nitrogens with zero attached hydrogens (tertiary/aromatic N) is 2. The average Bonchev–Trinajstić information content (AvgIpc) is 2.63. The molecule has 15 heavy (non-hydrogen) atoms. The Labute approximate surface area is 91.9 Å². The third-order valence-electron chi connectivity index (χ3n) is 2.21. The van der Waals surface area contributed by atoms with Crippen LogP contribution in [0.1, 0.15) is 39.3 Å². The molecule has 0 spiro atoms. The molecule has 0 unspecified atom stereocenters. The van der Waals surface area contributed by atoms with Crippen molar-refractivity contribution >= 4 is 10.9 Å². The van der Waals surface area contributed by atoms with Crippen molar-refractivity contribution in [2.24, 2.45) is 0 Å². The molecule has 1 aromatic carbocycles. The number of rotatable bonds is 1. The third-order valence-corrected chi connectivity index (χ3v) is 2.21. The topological polar surface area (TPSA) is 17.8 Å². The Morgan fingerprint density at radius 1 is 1.20 bits per heavy atom. The van der Waals surface area contributed by atoms with Crippen LogP contribution in [0.15, 0.2) is 24.4 Å². The van der Waals surface area contributed by atoms with Crippen LogP contribution in [-0.2, 0) is 0 Å². The molecule has 0 fully saturated rings. The van der Waals surface area contributed by atoms with Gasteiger partial charge in [0.05, 0.1) is 5.52 Å². The predicted octanol–water partition coefficient (Wildman–Crippen LogP) is 3.95. The van der Waals surface area contributed by atoms with Crippen LogP contribution in [0.4, 0.5) is 0 Å². The number of aryl methyl sites for hydroxylation is 1. The van der Waals surface area contributed by atoms with Crippen molar-refractivity contribution in [1.82, 2.24) is 9.78 Å². The number of fused-ring (bicyclic) bond motifs is 1. The van der Waals surface area contributed by atoms with E-state index in [1.807, 2.05) is 18.5 Å². The van der Waals surface area contributed by atoms with Gasteiger partial charge in [0, 0.05) is 17.6 Å². The predicted molar refractivity (Wildman–Crippen MR) is 66.2 cm³/mol. The smallest absolute Gasteiger partial charge is 0.0923 e. The maximum absolute atomic E-state index is 4.47. The first-order valence-electron chi connectivity index (χ1n) is 5.62. The van der Waals surface area contributed by atoms with Gasteiger partial charge in [-0.15, -0.1) is 0 Å².